The summed E-state index contributed by atoms with van der Waals surface area (Å²) < 4.78 is 0. The smallest absolute Gasteiger partial charge is 0.0628 e. The summed E-state index contributed by atoms with van der Waals surface area (Å²) in [5.74, 6) is 0. The number of rotatable bonds is 2. The van der Waals surface area contributed by atoms with Gasteiger partial charge in [-0.3, -0.25) is 4.98 Å². The highest BCUT2D eigenvalue weighted by molar-refractivity contribution is 9.09. The van der Waals surface area contributed by atoms with Crippen molar-refractivity contribution in [1.82, 2.24) is 4.98 Å². The highest BCUT2D eigenvalue weighted by Crippen LogP contribution is 2.02. The van der Waals surface area contributed by atoms with Crippen LogP contribution >= 0.6 is 15.9 Å². The van der Waals surface area contributed by atoms with Gasteiger partial charge in [0.2, 0.25) is 0 Å². The van der Waals surface area contributed by atoms with Crippen LogP contribution < -0.4 is 5.73 Å². The van der Waals surface area contributed by atoms with Crippen molar-refractivity contribution in [2.24, 2.45) is 0 Å². The van der Waals surface area contributed by atoms with E-state index in [0.717, 1.165) is 11.0 Å². The molecule has 0 aliphatic rings. The molecule has 0 spiro atoms. The molecule has 0 fully saturated rings. The molecule has 0 bridgehead atoms. The Labute approximate surface area is 74.3 Å². The third kappa shape index (κ3) is 2.72. The number of pyridine rings is 1. The number of anilines is 1. The molecule has 58 valence electrons. The van der Waals surface area contributed by atoms with Crippen molar-refractivity contribution in [2.75, 3.05) is 11.1 Å². The summed E-state index contributed by atoms with van der Waals surface area (Å²) in [5.41, 5.74) is 7.08. The Kier molecular flexibility index (Phi) is 3.11. The first kappa shape index (κ1) is 8.27. The summed E-state index contributed by atoms with van der Waals surface area (Å²) in [6.45, 7) is 0. The van der Waals surface area contributed by atoms with Gasteiger partial charge in [0.25, 0.3) is 0 Å². The van der Waals surface area contributed by atoms with Crippen LogP contribution in [-0.4, -0.2) is 10.3 Å². The molecule has 0 aliphatic carbocycles. The molecule has 1 rings (SSSR count). The van der Waals surface area contributed by atoms with E-state index >= 15 is 0 Å². The maximum absolute atomic E-state index is 5.46. The molecule has 0 amide bonds. The quantitative estimate of drug-likeness (QED) is 0.763. The van der Waals surface area contributed by atoms with Gasteiger partial charge in [0.1, 0.15) is 0 Å². The second-order valence-electron chi connectivity index (χ2n) is 2.07. The number of allylic oxidation sites excluding steroid dienone is 1. The highest BCUT2D eigenvalue weighted by Gasteiger charge is 1.86. The molecule has 0 radical (unpaired) electrons. The van der Waals surface area contributed by atoms with E-state index < -0.39 is 0 Å². The second kappa shape index (κ2) is 4.13. The van der Waals surface area contributed by atoms with E-state index in [4.69, 9.17) is 5.73 Å². The monoisotopic (exact) mass is 212 g/mol. The van der Waals surface area contributed by atoms with Gasteiger partial charge < -0.3 is 5.73 Å². The number of hydrogen-bond acceptors (Lipinski definition) is 2. The van der Waals surface area contributed by atoms with Gasteiger partial charge in [-0.2, -0.15) is 0 Å². The van der Waals surface area contributed by atoms with E-state index in [1.807, 2.05) is 24.3 Å². The van der Waals surface area contributed by atoms with Gasteiger partial charge in [-0.1, -0.05) is 22.0 Å². The predicted molar refractivity (Wildman–Crippen MR) is 51.5 cm³/mol. The standard InChI is InChI=1S/C8H9BrN2/c9-5-1-2-8-4-3-7(10)6-11-8/h1-4,6H,5,10H2. The van der Waals surface area contributed by atoms with Crippen LogP contribution in [0.3, 0.4) is 0 Å². The van der Waals surface area contributed by atoms with Crippen molar-refractivity contribution in [3.8, 4) is 0 Å². The van der Waals surface area contributed by atoms with E-state index in [1.54, 1.807) is 6.20 Å². The topological polar surface area (TPSA) is 38.9 Å². The van der Waals surface area contributed by atoms with E-state index in [2.05, 4.69) is 20.9 Å². The Morgan fingerprint density at radius 3 is 2.91 bits per heavy atom. The lowest BCUT2D eigenvalue weighted by Gasteiger charge is -1.92. The number of nitrogen functional groups attached to an aromatic ring is 1. The van der Waals surface area contributed by atoms with E-state index in [1.165, 1.54) is 0 Å². The maximum Gasteiger partial charge on any atom is 0.0628 e. The van der Waals surface area contributed by atoms with Gasteiger partial charge in [-0.25, -0.2) is 0 Å². The van der Waals surface area contributed by atoms with Gasteiger partial charge in [0, 0.05) is 5.33 Å². The average Bonchev–Trinajstić information content (AvgIpc) is 2.04. The van der Waals surface area contributed by atoms with Crippen LogP contribution in [0, 0.1) is 0 Å². The summed E-state index contributed by atoms with van der Waals surface area (Å²) >= 11 is 3.28. The third-order valence-electron chi connectivity index (χ3n) is 1.19. The summed E-state index contributed by atoms with van der Waals surface area (Å²) in [5, 5.41) is 0.846. The lowest BCUT2D eigenvalue weighted by atomic mass is 10.3. The van der Waals surface area contributed by atoms with Crippen molar-refractivity contribution in [1.29, 1.82) is 0 Å². The Bertz CT molecular complexity index is 241. The Morgan fingerprint density at radius 1 is 1.55 bits per heavy atom. The molecule has 0 unspecified atom stereocenters. The van der Waals surface area contributed by atoms with Crippen LogP contribution in [0.5, 0.6) is 0 Å². The number of hydrogen-bond donors (Lipinski definition) is 1. The molecule has 0 aliphatic heterocycles. The van der Waals surface area contributed by atoms with Gasteiger partial charge in [-0.05, 0) is 18.2 Å². The fourth-order valence-electron chi connectivity index (χ4n) is 0.681. The summed E-state index contributed by atoms with van der Waals surface area (Å²) in [4.78, 5) is 4.08. The zero-order valence-electron chi connectivity index (χ0n) is 6.00. The summed E-state index contributed by atoms with van der Waals surface area (Å²) in [6.07, 6.45) is 5.57. The molecule has 1 aromatic heterocycles. The lowest BCUT2D eigenvalue weighted by Crippen LogP contribution is -1.86. The molecule has 0 saturated carbocycles. The normalized spacial score (nSPS) is 10.6. The van der Waals surface area contributed by atoms with Gasteiger partial charge in [-0.15, -0.1) is 0 Å². The molecule has 0 saturated heterocycles. The van der Waals surface area contributed by atoms with Crippen LogP contribution in [0.1, 0.15) is 5.69 Å². The molecule has 2 N–H and O–H groups in total. The predicted octanol–water partition coefficient (Wildman–Crippen LogP) is 2.07. The molecular formula is C8H9BrN2. The van der Waals surface area contributed by atoms with Crippen molar-refractivity contribution in [2.45, 2.75) is 0 Å². The van der Waals surface area contributed by atoms with Crippen molar-refractivity contribution < 1.29 is 0 Å². The zero-order valence-corrected chi connectivity index (χ0v) is 7.58. The van der Waals surface area contributed by atoms with Crippen molar-refractivity contribution >= 4 is 27.7 Å². The minimum Gasteiger partial charge on any atom is -0.397 e. The number of nitrogens with two attached hydrogens (primary N) is 1. The Hall–Kier alpha value is -0.830. The first-order chi connectivity index (χ1) is 5.33. The van der Waals surface area contributed by atoms with Crippen LogP contribution in [0.4, 0.5) is 5.69 Å². The SMILES string of the molecule is Nc1ccc(C=CCBr)nc1. The minimum atomic E-state index is 0.695. The lowest BCUT2D eigenvalue weighted by molar-refractivity contribution is 1.30. The number of aromatic nitrogens is 1. The molecule has 0 atom stereocenters. The molecule has 1 aromatic rings. The zero-order chi connectivity index (χ0) is 8.10. The average molecular weight is 213 g/mol. The summed E-state index contributed by atoms with van der Waals surface area (Å²) in [7, 11) is 0. The molecule has 0 aromatic carbocycles. The fourth-order valence-corrected chi connectivity index (χ4v) is 0.868. The molecule has 3 heteroatoms. The Morgan fingerprint density at radius 2 is 2.36 bits per heavy atom. The van der Waals surface area contributed by atoms with Gasteiger partial charge in [0.05, 0.1) is 17.6 Å². The highest BCUT2D eigenvalue weighted by atomic mass is 79.9. The van der Waals surface area contributed by atoms with Crippen molar-refractivity contribution in [3.05, 3.63) is 30.1 Å². The van der Waals surface area contributed by atoms with Crippen molar-refractivity contribution in [3.63, 3.8) is 0 Å². The summed E-state index contributed by atoms with van der Waals surface area (Å²) in [6, 6.07) is 3.72. The van der Waals surface area contributed by atoms with Crippen LogP contribution in [0.25, 0.3) is 6.08 Å². The first-order valence-corrected chi connectivity index (χ1v) is 4.39. The van der Waals surface area contributed by atoms with Crippen LogP contribution in [0.2, 0.25) is 0 Å². The molecule has 11 heavy (non-hydrogen) atoms. The van der Waals surface area contributed by atoms with Gasteiger partial charge >= 0.3 is 0 Å². The van der Waals surface area contributed by atoms with E-state index in [-0.39, 0.29) is 0 Å². The molecule has 2 nitrogen and oxygen atoms in total. The number of halogens is 1. The van der Waals surface area contributed by atoms with Crippen LogP contribution in [0.15, 0.2) is 24.4 Å². The number of alkyl halides is 1. The first-order valence-electron chi connectivity index (χ1n) is 3.27. The molecular weight excluding hydrogens is 204 g/mol. The largest absolute Gasteiger partial charge is 0.397 e. The van der Waals surface area contributed by atoms with Crippen LogP contribution in [-0.2, 0) is 0 Å². The fraction of sp³-hybridized carbons (Fsp3) is 0.125. The number of nitrogens with zero attached hydrogens (tertiary/aromatic N) is 1. The second-order valence-corrected chi connectivity index (χ2v) is 2.72. The Balaban J connectivity index is 2.73. The third-order valence-corrected chi connectivity index (χ3v) is 1.56. The maximum atomic E-state index is 5.46. The van der Waals surface area contributed by atoms with E-state index in [9.17, 15) is 0 Å². The van der Waals surface area contributed by atoms with E-state index in [0.29, 0.717) is 5.69 Å². The molecule has 1 heterocycles. The minimum absolute atomic E-state index is 0.695. The van der Waals surface area contributed by atoms with Gasteiger partial charge in [0.15, 0.2) is 0 Å².